The van der Waals surface area contributed by atoms with Crippen LogP contribution in [0, 0.1) is 31.6 Å². The molecule has 3 aliphatic heterocycles. The zero-order valence-electron chi connectivity index (χ0n) is 60.6. The molecule has 12 heteroatoms. The Hall–Kier alpha value is -5.03. The number of hydrogen-bond acceptors (Lipinski definition) is 10. The summed E-state index contributed by atoms with van der Waals surface area (Å²) in [7, 11) is -2.77. The van der Waals surface area contributed by atoms with Crippen molar-refractivity contribution in [3.8, 4) is 0 Å². The minimum atomic E-state index is -2.69. The molecule has 4 aromatic rings. The van der Waals surface area contributed by atoms with Crippen LogP contribution >= 0.6 is 0 Å². The van der Waals surface area contributed by atoms with Gasteiger partial charge in [-0.2, -0.15) is 0 Å². The number of fused-ring (bicyclic) bond motifs is 2. The third-order valence-electron chi connectivity index (χ3n) is 18.2. The number of hydrogen-bond donors (Lipinski definition) is 1. The smallest absolute Gasteiger partial charge is 0.339 e. The molecule has 3 heterocycles. The van der Waals surface area contributed by atoms with E-state index in [2.05, 4.69) is 178 Å². The van der Waals surface area contributed by atoms with Gasteiger partial charge in [-0.15, -0.1) is 0 Å². The molecule has 0 bridgehead atoms. The monoisotopic (exact) mass is 1280 g/mol. The molecule has 4 aromatic carbocycles. The summed E-state index contributed by atoms with van der Waals surface area (Å²) < 4.78 is 50.3. The van der Waals surface area contributed by atoms with Crippen LogP contribution in [-0.2, 0) is 45.7 Å². The van der Waals surface area contributed by atoms with Gasteiger partial charge in [0.15, 0.2) is 11.6 Å². The van der Waals surface area contributed by atoms with Crippen LogP contribution in [0.25, 0.3) is 12.2 Å². The van der Waals surface area contributed by atoms with E-state index in [0.717, 1.165) is 85.2 Å². The average Bonchev–Trinajstić information content (AvgIpc) is 1.02. The van der Waals surface area contributed by atoms with E-state index in [1.165, 1.54) is 23.3 Å². The number of cyclic esters (lactones) is 1. The van der Waals surface area contributed by atoms with E-state index in [4.69, 9.17) is 34.2 Å². The average molecular weight is 1290 g/mol. The van der Waals surface area contributed by atoms with Crippen molar-refractivity contribution in [1.29, 1.82) is 0 Å². The number of aliphatic hydroxyl groups is 1. The van der Waals surface area contributed by atoms with Crippen molar-refractivity contribution >= 4 is 50.9 Å². The van der Waals surface area contributed by atoms with Gasteiger partial charge in [0.25, 0.3) is 8.32 Å². The molecule has 0 aliphatic carbocycles. The highest BCUT2D eigenvalue weighted by Crippen LogP contribution is 2.40. The van der Waals surface area contributed by atoms with E-state index in [0.29, 0.717) is 30.6 Å². The van der Waals surface area contributed by atoms with Crippen LogP contribution in [0.4, 0.5) is 0 Å². The third kappa shape index (κ3) is 21.2. The lowest BCUT2D eigenvalue weighted by Crippen LogP contribution is -2.67. The Morgan fingerprint density at radius 1 is 0.780 bits per heavy atom. The zero-order chi connectivity index (χ0) is 68.2. The summed E-state index contributed by atoms with van der Waals surface area (Å²) in [5, 5.41) is 13.3. The van der Waals surface area contributed by atoms with Crippen LogP contribution in [0.2, 0.25) is 30.7 Å². The summed E-state index contributed by atoms with van der Waals surface area (Å²) in [6.07, 6.45) is 24.3. The Morgan fingerprint density at radius 2 is 1.36 bits per heavy atom. The molecule has 2 saturated heterocycles. The van der Waals surface area contributed by atoms with Gasteiger partial charge in [-0.1, -0.05) is 242 Å². The van der Waals surface area contributed by atoms with Gasteiger partial charge in [-0.3, -0.25) is 0 Å². The van der Waals surface area contributed by atoms with Crippen molar-refractivity contribution in [2.24, 2.45) is 17.8 Å². The van der Waals surface area contributed by atoms with E-state index in [-0.39, 0.29) is 65.3 Å². The summed E-state index contributed by atoms with van der Waals surface area (Å²) >= 11 is 0. The summed E-state index contributed by atoms with van der Waals surface area (Å²) in [5.41, 5.74) is 7.46. The summed E-state index contributed by atoms with van der Waals surface area (Å²) in [6, 6.07) is 31.1. The first-order chi connectivity index (χ1) is 43.4. The lowest BCUT2D eigenvalue weighted by Gasteiger charge is -2.45. The first kappa shape index (κ1) is 75.0. The minimum absolute atomic E-state index is 0.0204. The maximum absolute atomic E-state index is 13.6. The fourth-order valence-electron chi connectivity index (χ4n) is 12.6. The molecule has 1 N–H and O–H groups in total. The van der Waals surface area contributed by atoms with Crippen LogP contribution < -0.4 is 10.4 Å². The first-order valence-electron chi connectivity index (χ1n) is 34.9. The molecule has 0 saturated carbocycles. The number of benzene rings is 4. The van der Waals surface area contributed by atoms with Gasteiger partial charge < -0.3 is 38.0 Å². The number of aryl methyl sites for hydroxylation is 4. The van der Waals surface area contributed by atoms with Crippen molar-refractivity contribution in [2.45, 2.75) is 267 Å². The first-order valence-corrected chi connectivity index (χ1v) is 39.5. The Labute approximate surface area is 554 Å². The van der Waals surface area contributed by atoms with Gasteiger partial charge in [-0.25, -0.2) is 9.59 Å². The predicted molar refractivity (Wildman–Crippen MR) is 384 cm³/mol. The number of unbranched alkanes of at least 4 members (excludes halogenated alkanes) is 4. The molecular weight excluding hydrogens is 1170 g/mol. The fourth-order valence-corrected chi connectivity index (χ4v) is 18.1. The number of carbonyl (C=O) groups is 2. The lowest BCUT2D eigenvalue weighted by atomic mass is 9.92. The second kappa shape index (κ2) is 34.4. The molecule has 0 spiro atoms. The molecule has 7 rings (SSSR count). The molecule has 2 unspecified atom stereocenters. The third-order valence-corrected chi connectivity index (χ3v) is 25.0. The van der Waals surface area contributed by atoms with Crippen molar-refractivity contribution in [1.82, 2.24) is 0 Å². The number of aliphatic hydroxyl groups excluding tert-OH is 1. The van der Waals surface area contributed by atoms with Crippen LogP contribution in [0.1, 0.15) is 211 Å². The van der Waals surface area contributed by atoms with Crippen LogP contribution in [-0.4, -0.2) is 94.3 Å². The standard InChI is InChI=1S/C50H74O5Si2.C28H40O5.CH4/c1-14-15-18-24-41-34-33-38(3)46(48(51)52-35-36-56(11,12)13)44(41)29-23-30-45-47(54-50(9,10)53-45)39(4)32-31-37(2)40(5)55-57(49(6,7)8,42-25-19-16-20-26-42)43-27-21-17-22-28-43;1-7-8-9-11-21-16-14-19(3)25-22(21)12-10-13-24-26(33-28(5,6)32-24)23(29)17-15-18(2)20(4)31-27(25)30;/h16-17,19-23,25-29,31-34,37,39-40,45,47H,14-15,18,24,30,35-36H2,1-13H3;10,12,14-18,20,23-24,26,29H,7-9,11,13H2,1-6H3;1H4/b29-23+,32-31-;12-10+,17-15-;/t37-,39?,40+,45+,47-;18-,20+,23?,24+,26-;/m11./s1/i;;1T. The minimum Gasteiger partial charge on any atom is -0.462 e. The van der Waals surface area contributed by atoms with E-state index in [1.807, 2.05) is 79.7 Å². The summed E-state index contributed by atoms with van der Waals surface area (Å²) in [6.45, 7) is 41.1. The molecule has 3 aliphatic rings. The second-order valence-electron chi connectivity index (χ2n) is 29.0. The lowest BCUT2D eigenvalue weighted by molar-refractivity contribution is -0.152. The van der Waals surface area contributed by atoms with E-state index in [9.17, 15) is 14.7 Å². The quantitative estimate of drug-likeness (QED) is 0.0333. The molecule has 502 valence electrons. The molecule has 0 amide bonds. The molecule has 10 nitrogen and oxygen atoms in total. The van der Waals surface area contributed by atoms with Crippen LogP contribution in [0.5, 0.6) is 0 Å². The molecule has 91 heavy (non-hydrogen) atoms. The normalized spacial score (nSPS) is 23.6. The van der Waals surface area contributed by atoms with E-state index >= 15 is 0 Å². The highest BCUT2D eigenvalue weighted by Gasteiger charge is 2.51. The van der Waals surface area contributed by atoms with Crippen molar-refractivity contribution in [3.63, 3.8) is 0 Å². The molecule has 0 aromatic heterocycles. The zero-order valence-corrected chi connectivity index (χ0v) is 61.6. The number of rotatable bonds is 23. The van der Waals surface area contributed by atoms with Crippen molar-refractivity contribution in [2.75, 3.05) is 6.61 Å². The molecule has 2 fully saturated rings. The van der Waals surface area contributed by atoms with Gasteiger partial charge in [-0.05, 0) is 155 Å². The topological polar surface area (TPSA) is 119 Å². The Morgan fingerprint density at radius 3 is 1.96 bits per heavy atom. The molecular formula is C79H118O10Si2. The van der Waals surface area contributed by atoms with Gasteiger partial charge in [0, 0.05) is 27.4 Å². The summed E-state index contributed by atoms with van der Waals surface area (Å²) in [4.78, 5) is 26.9. The maximum atomic E-state index is 13.6. The molecule has 0 radical (unpaired) electrons. The van der Waals surface area contributed by atoms with Crippen molar-refractivity contribution in [3.05, 3.63) is 166 Å². The van der Waals surface area contributed by atoms with Crippen LogP contribution in [0.15, 0.2) is 121 Å². The van der Waals surface area contributed by atoms with Crippen molar-refractivity contribution < 1.29 is 48.9 Å². The number of esters is 2. The van der Waals surface area contributed by atoms with Gasteiger partial charge >= 0.3 is 11.9 Å². The maximum Gasteiger partial charge on any atom is 0.339 e. The van der Waals surface area contributed by atoms with Crippen LogP contribution in [0.3, 0.4) is 0 Å². The fraction of sp³-hybridized carbons (Fsp3) is 0.570. The highest BCUT2D eigenvalue weighted by molar-refractivity contribution is 6.99. The number of ether oxygens (including phenoxy) is 6. The van der Waals surface area contributed by atoms with Gasteiger partial charge in [0.05, 0.1) is 36.0 Å². The van der Waals surface area contributed by atoms with E-state index < -0.39 is 40.2 Å². The summed E-state index contributed by atoms with van der Waals surface area (Å²) in [5.74, 6) is -1.77. The number of carbonyl (C=O) groups excluding carboxylic acids is 2. The Kier molecular flexibility index (Phi) is 28.4. The Bertz CT molecular complexity index is 3010. The molecule has 10 atom stereocenters. The predicted octanol–water partition coefficient (Wildman–Crippen LogP) is 18.3. The van der Waals surface area contributed by atoms with Gasteiger partial charge in [0.1, 0.15) is 18.3 Å². The largest absolute Gasteiger partial charge is 0.462 e. The highest BCUT2D eigenvalue weighted by atomic mass is 28.4. The Balaban J connectivity index is 0.000000371. The van der Waals surface area contributed by atoms with Gasteiger partial charge in [0.2, 0.25) is 0 Å². The second-order valence-corrected chi connectivity index (χ2v) is 38.9. The van der Waals surface area contributed by atoms with E-state index in [1.54, 1.807) is 6.08 Å². The SMILES string of the molecule is CCCCCc1ccc(C)c(C(=O)OCC[Si](C)(C)C)c1/C=C/C[C@@H]1OC(C)(C)O[C@@H]1C(C)/C=C\[C@@H](C)[C@H](C)O[Si](c1ccccc1)(c1ccccc1)C(C)(C)C.CCCCCc1ccc(C)c2c1/C=C/C[C@@H]1OC(C)(C)O[C@@H]1C(O)/C=C\[C@@H](C)[C@H](C)OC2=O.[3H]C.